The number of nitrogens with zero attached hydrogens (tertiary/aromatic N) is 2. The minimum atomic E-state index is -0.942. The number of carboxylic acids is 1. The van der Waals surface area contributed by atoms with Gasteiger partial charge in [0, 0.05) is 13.5 Å². The van der Waals surface area contributed by atoms with Crippen molar-refractivity contribution in [2.24, 2.45) is 0 Å². The van der Waals surface area contributed by atoms with Gasteiger partial charge in [0.15, 0.2) is 0 Å². The predicted molar refractivity (Wildman–Crippen MR) is 77.3 cm³/mol. The average molecular weight is 276 g/mol. The molecule has 5 heteroatoms. The number of benzene rings is 1. The van der Waals surface area contributed by atoms with E-state index in [2.05, 4.69) is 16.5 Å². The van der Waals surface area contributed by atoms with E-state index in [1.807, 2.05) is 13.0 Å². The number of imidazole rings is 1. The lowest BCUT2D eigenvalue weighted by Gasteiger charge is -2.19. The van der Waals surface area contributed by atoms with Crippen molar-refractivity contribution in [1.82, 2.24) is 9.55 Å². The first-order valence-corrected chi connectivity index (χ1v) is 6.86. The Morgan fingerprint density at radius 3 is 2.75 bits per heavy atom. The van der Waals surface area contributed by atoms with Gasteiger partial charge in [-0.25, -0.2) is 9.78 Å². The van der Waals surface area contributed by atoms with Gasteiger partial charge in [0.25, 0.3) is 0 Å². The molecule has 0 saturated heterocycles. The summed E-state index contributed by atoms with van der Waals surface area (Å²) in [7, 11) is 1.68. The Morgan fingerprint density at radius 2 is 2.20 bits per heavy atom. The summed E-state index contributed by atoms with van der Waals surface area (Å²) in [6.07, 6.45) is 1.66. The number of aromatic carboxylic acids is 1. The van der Waals surface area contributed by atoms with Gasteiger partial charge in [-0.05, 0) is 18.6 Å². The van der Waals surface area contributed by atoms with Gasteiger partial charge in [-0.2, -0.15) is 0 Å². The quantitative estimate of drug-likeness (QED) is 0.881. The van der Waals surface area contributed by atoms with Crippen molar-refractivity contribution in [3.8, 4) is 0 Å². The average Bonchev–Trinajstić information content (AvgIpc) is 2.82. The molecule has 0 amide bonds. The molecule has 2 rings (SSSR count). The number of aromatic nitrogens is 2. The lowest BCUT2D eigenvalue weighted by molar-refractivity contribution is 0.0699. The predicted octanol–water partition coefficient (Wildman–Crippen LogP) is 2.89. The van der Waals surface area contributed by atoms with Crippen molar-refractivity contribution >= 4 is 17.0 Å². The first-order valence-electron chi connectivity index (χ1n) is 6.86. The molecule has 1 unspecified atom stereocenters. The van der Waals surface area contributed by atoms with E-state index in [9.17, 15) is 9.90 Å². The lowest BCUT2D eigenvalue weighted by Crippen LogP contribution is -2.16. The van der Waals surface area contributed by atoms with Crippen LogP contribution >= 0.6 is 0 Å². The Bertz CT molecular complexity index is 619. The highest BCUT2D eigenvalue weighted by atomic mass is 16.5. The molecule has 0 saturated carbocycles. The molecule has 1 aromatic carbocycles. The minimum Gasteiger partial charge on any atom is -0.478 e. The Morgan fingerprint density at radius 1 is 1.45 bits per heavy atom. The van der Waals surface area contributed by atoms with Gasteiger partial charge in [-0.3, -0.25) is 0 Å². The maximum Gasteiger partial charge on any atom is 0.337 e. The summed E-state index contributed by atoms with van der Waals surface area (Å²) < 4.78 is 7.40. The molecule has 0 radical (unpaired) electrons. The highest BCUT2D eigenvalue weighted by Crippen LogP contribution is 2.26. The highest BCUT2D eigenvalue weighted by Gasteiger charge is 2.20. The molecule has 0 aliphatic carbocycles. The summed E-state index contributed by atoms with van der Waals surface area (Å²) >= 11 is 0. The van der Waals surface area contributed by atoms with E-state index in [-0.39, 0.29) is 11.6 Å². The molecule has 20 heavy (non-hydrogen) atoms. The van der Waals surface area contributed by atoms with Crippen molar-refractivity contribution in [2.45, 2.75) is 32.7 Å². The first kappa shape index (κ1) is 14.5. The number of rotatable bonds is 6. The molecule has 0 spiro atoms. The molecule has 0 aliphatic rings. The van der Waals surface area contributed by atoms with Gasteiger partial charge in [0.05, 0.1) is 23.7 Å². The van der Waals surface area contributed by atoms with E-state index in [1.54, 1.807) is 19.2 Å². The summed E-state index contributed by atoms with van der Waals surface area (Å²) in [5.74, 6) is -0.0414. The molecule has 108 valence electrons. The van der Waals surface area contributed by atoms with Crippen molar-refractivity contribution in [3.63, 3.8) is 0 Å². The number of fused-ring (bicyclic) bond motifs is 1. The van der Waals surface area contributed by atoms with Crippen LogP contribution in [0.25, 0.3) is 11.0 Å². The van der Waals surface area contributed by atoms with E-state index >= 15 is 0 Å². The van der Waals surface area contributed by atoms with E-state index in [4.69, 9.17) is 4.74 Å². The molecule has 0 fully saturated rings. The molecule has 0 bridgehead atoms. The zero-order valence-electron chi connectivity index (χ0n) is 12.1. The minimum absolute atomic E-state index is 0.170. The van der Waals surface area contributed by atoms with Crippen LogP contribution in [-0.4, -0.2) is 34.3 Å². The normalized spacial score (nSPS) is 12.8. The summed E-state index contributed by atoms with van der Waals surface area (Å²) in [5, 5.41) is 9.28. The third-order valence-electron chi connectivity index (χ3n) is 3.54. The number of carbonyl (C=O) groups is 1. The molecule has 1 heterocycles. The third kappa shape index (κ3) is 2.41. The monoisotopic (exact) mass is 276 g/mol. The molecular formula is C15H20N2O3. The SMILES string of the molecule is CCc1nc2c(C(=O)O)cccc2n1C(CC)COC. The van der Waals surface area contributed by atoms with E-state index in [0.29, 0.717) is 12.1 Å². The first-order chi connectivity index (χ1) is 9.63. The number of aryl methyl sites for hydroxylation is 1. The lowest BCUT2D eigenvalue weighted by atomic mass is 10.1. The second-order valence-corrected chi connectivity index (χ2v) is 4.75. The van der Waals surface area contributed by atoms with Gasteiger partial charge >= 0.3 is 5.97 Å². The van der Waals surface area contributed by atoms with Crippen LogP contribution in [0.3, 0.4) is 0 Å². The largest absolute Gasteiger partial charge is 0.478 e. The Hall–Kier alpha value is -1.88. The van der Waals surface area contributed by atoms with E-state index < -0.39 is 5.97 Å². The second kappa shape index (κ2) is 6.05. The van der Waals surface area contributed by atoms with Crippen LogP contribution in [0.5, 0.6) is 0 Å². The Balaban J connectivity index is 2.69. The van der Waals surface area contributed by atoms with Crippen LogP contribution in [0.4, 0.5) is 0 Å². The summed E-state index contributed by atoms with van der Waals surface area (Å²) in [4.78, 5) is 15.8. The number of carboxylic acid groups (broad SMARTS) is 1. The van der Waals surface area contributed by atoms with E-state index in [0.717, 1.165) is 24.2 Å². The topological polar surface area (TPSA) is 64.3 Å². The Kier molecular flexibility index (Phi) is 4.39. The summed E-state index contributed by atoms with van der Waals surface area (Å²) in [6, 6.07) is 5.46. The third-order valence-corrected chi connectivity index (χ3v) is 3.54. The number of hydrogen-bond acceptors (Lipinski definition) is 3. The molecular weight excluding hydrogens is 256 g/mol. The molecule has 1 aromatic heterocycles. The van der Waals surface area contributed by atoms with E-state index in [1.165, 1.54) is 0 Å². The summed E-state index contributed by atoms with van der Waals surface area (Å²) in [5.41, 5.74) is 1.68. The van der Waals surface area contributed by atoms with Crippen LogP contribution < -0.4 is 0 Å². The number of methoxy groups -OCH3 is 1. The number of hydrogen-bond donors (Lipinski definition) is 1. The summed E-state index contributed by atoms with van der Waals surface area (Å²) in [6.45, 7) is 4.71. The zero-order chi connectivity index (χ0) is 14.7. The number of para-hydroxylation sites is 1. The molecule has 0 aliphatic heterocycles. The second-order valence-electron chi connectivity index (χ2n) is 4.75. The van der Waals surface area contributed by atoms with Crippen molar-refractivity contribution in [1.29, 1.82) is 0 Å². The fraction of sp³-hybridized carbons (Fsp3) is 0.467. The molecule has 1 atom stereocenters. The van der Waals surface area contributed by atoms with Crippen LogP contribution in [0.1, 0.15) is 42.5 Å². The smallest absolute Gasteiger partial charge is 0.337 e. The van der Waals surface area contributed by atoms with Crippen LogP contribution in [0.15, 0.2) is 18.2 Å². The van der Waals surface area contributed by atoms with Crippen molar-refractivity contribution in [2.75, 3.05) is 13.7 Å². The molecule has 2 aromatic rings. The van der Waals surface area contributed by atoms with Crippen molar-refractivity contribution in [3.05, 3.63) is 29.6 Å². The zero-order valence-corrected chi connectivity index (χ0v) is 12.1. The van der Waals surface area contributed by atoms with Gasteiger partial charge < -0.3 is 14.4 Å². The van der Waals surface area contributed by atoms with Gasteiger partial charge in [0.1, 0.15) is 11.3 Å². The van der Waals surface area contributed by atoms with Gasteiger partial charge in [0.2, 0.25) is 0 Å². The van der Waals surface area contributed by atoms with Crippen LogP contribution in [0.2, 0.25) is 0 Å². The fourth-order valence-corrected chi connectivity index (χ4v) is 2.56. The molecule has 5 nitrogen and oxygen atoms in total. The Labute approximate surface area is 118 Å². The van der Waals surface area contributed by atoms with Crippen LogP contribution in [0, 0.1) is 0 Å². The molecule has 1 N–H and O–H groups in total. The maximum atomic E-state index is 11.3. The maximum absolute atomic E-state index is 11.3. The fourth-order valence-electron chi connectivity index (χ4n) is 2.56. The van der Waals surface area contributed by atoms with Gasteiger partial charge in [-0.15, -0.1) is 0 Å². The van der Waals surface area contributed by atoms with Crippen molar-refractivity contribution < 1.29 is 14.6 Å². The van der Waals surface area contributed by atoms with Gasteiger partial charge in [-0.1, -0.05) is 19.9 Å². The van der Waals surface area contributed by atoms with Crippen LogP contribution in [-0.2, 0) is 11.2 Å². The number of ether oxygens (including phenoxy) is 1. The standard InChI is InChI=1S/C15H20N2O3/c1-4-10(9-20-3)17-12-8-6-7-11(15(18)19)14(12)16-13(17)5-2/h6-8,10H,4-5,9H2,1-3H3,(H,18,19). The highest BCUT2D eigenvalue weighted by molar-refractivity contribution is 6.01.